The van der Waals surface area contributed by atoms with Gasteiger partial charge in [0.1, 0.15) is 11.6 Å². The first-order valence-corrected chi connectivity index (χ1v) is 7.96. The fraction of sp³-hybridized carbons (Fsp3) is 0.222. The van der Waals surface area contributed by atoms with E-state index < -0.39 is 0 Å². The van der Waals surface area contributed by atoms with Crippen LogP contribution in [-0.4, -0.2) is 17.6 Å². The van der Waals surface area contributed by atoms with Gasteiger partial charge < -0.3 is 10.1 Å². The van der Waals surface area contributed by atoms with Gasteiger partial charge in [0, 0.05) is 5.69 Å². The van der Waals surface area contributed by atoms with Gasteiger partial charge in [0.2, 0.25) is 0 Å². The molecule has 4 nitrogen and oxygen atoms in total. The standard InChI is InChI=1S/C18H19FN2O2S/c1-12(2)11-23-16-6-4-3-5-15(16)17(22)21-18(24)20-14-9-7-13(19)8-10-14/h3-10,12H,11H2,1-2H3,(H2,20,21,22,24). The van der Waals surface area contributed by atoms with Gasteiger partial charge in [0.15, 0.2) is 5.11 Å². The fourth-order valence-corrected chi connectivity index (χ4v) is 2.11. The molecule has 24 heavy (non-hydrogen) atoms. The molecule has 2 aromatic carbocycles. The minimum absolute atomic E-state index is 0.130. The van der Waals surface area contributed by atoms with E-state index >= 15 is 0 Å². The van der Waals surface area contributed by atoms with Gasteiger partial charge in [-0.3, -0.25) is 10.1 Å². The van der Waals surface area contributed by atoms with Crippen LogP contribution in [0.25, 0.3) is 0 Å². The van der Waals surface area contributed by atoms with Crippen LogP contribution in [-0.2, 0) is 0 Å². The third kappa shape index (κ3) is 5.31. The highest BCUT2D eigenvalue weighted by molar-refractivity contribution is 7.80. The first kappa shape index (κ1) is 17.9. The van der Waals surface area contributed by atoms with E-state index in [4.69, 9.17) is 17.0 Å². The van der Waals surface area contributed by atoms with Crippen molar-refractivity contribution in [2.24, 2.45) is 5.92 Å². The summed E-state index contributed by atoms with van der Waals surface area (Å²) in [4.78, 5) is 12.4. The topological polar surface area (TPSA) is 50.4 Å². The highest BCUT2D eigenvalue weighted by Gasteiger charge is 2.14. The van der Waals surface area contributed by atoms with Crippen molar-refractivity contribution in [2.45, 2.75) is 13.8 Å². The predicted molar refractivity (Wildman–Crippen MR) is 96.9 cm³/mol. The molecule has 0 atom stereocenters. The van der Waals surface area contributed by atoms with Crippen LogP contribution in [0.2, 0.25) is 0 Å². The highest BCUT2D eigenvalue weighted by atomic mass is 32.1. The quantitative estimate of drug-likeness (QED) is 0.804. The molecule has 0 saturated heterocycles. The molecule has 0 unspecified atom stereocenters. The van der Waals surface area contributed by atoms with Gasteiger partial charge in [-0.15, -0.1) is 0 Å². The first-order valence-electron chi connectivity index (χ1n) is 7.55. The average Bonchev–Trinajstić information content (AvgIpc) is 2.55. The maximum Gasteiger partial charge on any atom is 0.261 e. The number of nitrogens with one attached hydrogen (secondary N) is 2. The minimum Gasteiger partial charge on any atom is -0.492 e. The molecule has 2 rings (SSSR count). The summed E-state index contributed by atoms with van der Waals surface area (Å²) in [5, 5.41) is 5.56. The smallest absolute Gasteiger partial charge is 0.261 e. The predicted octanol–water partition coefficient (Wildman–Crippen LogP) is 3.99. The van der Waals surface area contributed by atoms with Crippen molar-refractivity contribution >= 4 is 28.9 Å². The number of anilines is 1. The minimum atomic E-state index is -0.367. The number of halogens is 1. The summed E-state index contributed by atoms with van der Waals surface area (Å²) in [5.41, 5.74) is 0.993. The second-order valence-corrected chi connectivity index (χ2v) is 6.02. The fourth-order valence-electron chi connectivity index (χ4n) is 1.90. The molecule has 0 spiro atoms. The molecular weight excluding hydrogens is 327 g/mol. The van der Waals surface area contributed by atoms with E-state index in [0.717, 1.165) is 0 Å². The summed E-state index contributed by atoms with van der Waals surface area (Å²) >= 11 is 5.12. The van der Waals surface area contributed by atoms with E-state index in [0.29, 0.717) is 29.5 Å². The Labute approximate surface area is 146 Å². The molecule has 6 heteroatoms. The highest BCUT2D eigenvalue weighted by Crippen LogP contribution is 2.18. The number of ether oxygens (including phenoxy) is 1. The van der Waals surface area contributed by atoms with Crippen LogP contribution in [0.5, 0.6) is 5.75 Å². The number of carbonyl (C=O) groups is 1. The Kier molecular flexibility index (Phi) is 6.26. The van der Waals surface area contributed by atoms with Crippen LogP contribution >= 0.6 is 12.2 Å². The van der Waals surface area contributed by atoms with E-state index in [-0.39, 0.29) is 16.8 Å². The lowest BCUT2D eigenvalue weighted by Gasteiger charge is -2.14. The van der Waals surface area contributed by atoms with Crippen molar-refractivity contribution < 1.29 is 13.9 Å². The number of hydrogen-bond donors (Lipinski definition) is 2. The lowest BCUT2D eigenvalue weighted by molar-refractivity contribution is 0.0973. The number of thiocarbonyl (C=S) groups is 1. The number of amides is 1. The van der Waals surface area contributed by atoms with Crippen LogP contribution in [0, 0.1) is 11.7 Å². The number of rotatable bonds is 5. The monoisotopic (exact) mass is 346 g/mol. The number of benzene rings is 2. The molecular formula is C18H19FN2O2S. The molecule has 0 aliphatic rings. The molecule has 2 N–H and O–H groups in total. The van der Waals surface area contributed by atoms with Gasteiger partial charge in [-0.25, -0.2) is 4.39 Å². The summed E-state index contributed by atoms with van der Waals surface area (Å²) in [6.45, 7) is 4.58. The van der Waals surface area contributed by atoms with Crippen molar-refractivity contribution in [1.82, 2.24) is 5.32 Å². The lowest BCUT2D eigenvalue weighted by Crippen LogP contribution is -2.34. The third-order valence-corrected chi connectivity index (χ3v) is 3.24. The van der Waals surface area contributed by atoms with Crippen molar-refractivity contribution in [3.8, 4) is 5.75 Å². The Balaban J connectivity index is 2.01. The molecule has 0 bridgehead atoms. The van der Waals surface area contributed by atoms with E-state index in [2.05, 4.69) is 10.6 Å². The van der Waals surface area contributed by atoms with Crippen molar-refractivity contribution in [2.75, 3.05) is 11.9 Å². The summed E-state index contributed by atoms with van der Waals surface area (Å²) in [6.07, 6.45) is 0. The molecule has 0 aromatic heterocycles. The Morgan fingerprint density at radius 2 is 1.83 bits per heavy atom. The first-order chi connectivity index (χ1) is 11.5. The van der Waals surface area contributed by atoms with Crippen LogP contribution in [0.1, 0.15) is 24.2 Å². The van der Waals surface area contributed by atoms with Gasteiger partial charge in [-0.2, -0.15) is 0 Å². The summed E-state index contributed by atoms with van der Waals surface area (Å²) in [6, 6.07) is 12.7. The van der Waals surface area contributed by atoms with Gasteiger partial charge >= 0.3 is 0 Å². The zero-order chi connectivity index (χ0) is 17.5. The van der Waals surface area contributed by atoms with Gasteiger partial charge in [0.05, 0.1) is 12.2 Å². The zero-order valence-electron chi connectivity index (χ0n) is 13.5. The van der Waals surface area contributed by atoms with Gasteiger partial charge in [-0.05, 0) is 54.5 Å². The summed E-state index contributed by atoms with van der Waals surface area (Å²) in [7, 11) is 0. The normalized spacial score (nSPS) is 10.3. The van der Waals surface area contributed by atoms with E-state index in [9.17, 15) is 9.18 Å². The van der Waals surface area contributed by atoms with Crippen molar-refractivity contribution in [1.29, 1.82) is 0 Å². The Hall–Kier alpha value is -2.47. The van der Waals surface area contributed by atoms with Gasteiger partial charge in [-0.1, -0.05) is 26.0 Å². The molecule has 0 heterocycles. The molecule has 126 valence electrons. The van der Waals surface area contributed by atoms with E-state index in [1.807, 2.05) is 19.9 Å². The lowest BCUT2D eigenvalue weighted by atomic mass is 10.2. The molecule has 0 aliphatic carbocycles. The summed E-state index contributed by atoms with van der Waals surface area (Å²) < 4.78 is 18.6. The molecule has 0 aliphatic heterocycles. The Morgan fingerprint density at radius 3 is 2.50 bits per heavy atom. The zero-order valence-corrected chi connectivity index (χ0v) is 14.3. The SMILES string of the molecule is CC(C)COc1ccccc1C(=O)NC(=S)Nc1ccc(F)cc1. The molecule has 0 fully saturated rings. The number of carbonyl (C=O) groups excluding carboxylic acids is 1. The van der Waals surface area contributed by atoms with Crippen LogP contribution < -0.4 is 15.4 Å². The second-order valence-electron chi connectivity index (χ2n) is 5.62. The number of para-hydroxylation sites is 1. The van der Waals surface area contributed by atoms with Crippen LogP contribution in [0.3, 0.4) is 0 Å². The second kappa shape index (κ2) is 8.40. The molecule has 0 radical (unpaired) electrons. The van der Waals surface area contributed by atoms with Crippen molar-refractivity contribution in [3.05, 3.63) is 59.9 Å². The van der Waals surface area contributed by atoms with Crippen LogP contribution in [0.4, 0.5) is 10.1 Å². The van der Waals surface area contributed by atoms with Gasteiger partial charge in [0.25, 0.3) is 5.91 Å². The van der Waals surface area contributed by atoms with E-state index in [1.54, 1.807) is 18.2 Å². The summed E-state index contributed by atoms with van der Waals surface area (Å²) in [5.74, 6) is 0.149. The molecule has 0 saturated carbocycles. The maximum atomic E-state index is 12.9. The largest absolute Gasteiger partial charge is 0.492 e. The Bertz CT molecular complexity index is 717. The maximum absolute atomic E-state index is 12.9. The molecule has 2 aromatic rings. The molecule has 1 amide bonds. The average molecular weight is 346 g/mol. The van der Waals surface area contributed by atoms with Crippen molar-refractivity contribution in [3.63, 3.8) is 0 Å². The van der Waals surface area contributed by atoms with Crippen LogP contribution in [0.15, 0.2) is 48.5 Å². The third-order valence-electron chi connectivity index (χ3n) is 3.03. The number of hydrogen-bond acceptors (Lipinski definition) is 3. The Morgan fingerprint density at radius 1 is 1.17 bits per heavy atom. The van der Waals surface area contributed by atoms with E-state index in [1.165, 1.54) is 24.3 Å².